The van der Waals surface area contributed by atoms with Crippen LogP contribution in [-0.2, 0) is 7.05 Å². The Morgan fingerprint density at radius 1 is 1.32 bits per heavy atom. The monoisotopic (exact) mass is 304 g/mol. The van der Waals surface area contributed by atoms with Crippen LogP contribution < -0.4 is 5.32 Å². The smallest absolute Gasteiger partial charge is 0.318 e. The number of carbonyl (C=O) groups is 1. The molecule has 0 bridgehead atoms. The molecule has 1 aromatic heterocycles. The van der Waals surface area contributed by atoms with Gasteiger partial charge in [-0.05, 0) is 31.5 Å². The number of hydrogen-bond donors (Lipinski definition) is 1. The van der Waals surface area contributed by atoms with Crippen molar-refractivity contribution in [1.29, 1.82) is 0 Å². The molecule has 2 aromatic rings. The Bertz CT molecular complexity index is 619. The highest BCUT2D eigenvalue weighted by molar-refractivity contribution is 5.75. The number of nitrogens with zero attached hydrogens (tertiary/aromatic N) is 3. The zero-order chi connectivity index (χ0) is 16.1. The first-order chi connectivity index (χ1) is 10.6. The molecule has 5 nitrogen and oxygen atoms in total. The van der Waals surface area contributed by atoms with Gasteiger partial charge in [-0.1, -0.05) is 12.1 Å². The first-order valence-corrected chi connectivity index (χ1v) is 7.34. The van der Waals surface area contributed by atoms with Gasteiger partial charge in [0.1, 0.15) is 17.7 Å². The van der Waals surface area contributed by atoms with Crippen molar-refractivity contribution in [3.05, 3.63) is 53.9 Å². The number of halogens is 1. The lowest BCUT2D eigenvalue weighted by molar-refractivity contribution is 0.200. The van der Waals surface area contributed by atoms with Crippen LogP contribution in [0.3, 0.4) is 0 Å². The number of aryl methyl sites for hydroxylation is 1. The summed E-state index contributed by atoms with van der Waals surface area (Å²) in [4.78, 5) is 18.4. The van der Waals surface area contributed by atoms with E-state index in [-0.39, 0.29) is 11.8 Å². The standard InChI is InChI=1S/C16H21FN4O/c1-4-21(5-2)16(22)19-14(15-18-10-11-20(15)3)12-6-8-13(17)9-7-12/h6-11,14H,4-5H2,1-3H3,(H,19,22). The van der Waals surface area contributed by atoms with E-state index in [1.54, 1.807) is 23.2 Å². The Labute approximate surface area is 129 Å². The highest BCUT2D eigenvalue weighted by Crippen LogP contribution is 2.21. The SMILES string of the molecule is CCN(CC)C(=O)NC(c1ccc(F)cc1)c1nccn1C. The summed E-state index contributed by atoms with van der Waals surface area (Å²) in [6.07, 6.45) is 3.49. The zero-order valence-electron chi connectivity index (χ0n) is 13.1. The van der Waals surface area contributed by atoms with Gasteiger partial charge >= 0.3 is 6.03 Å². The lowest BCUT2D eigenvalue weighted by atomic mass is 10.1. The summed E-state index contributed by atoms with van der Waals surface area (Å²) in [6, 6.07) is 5.51. The maximum atomic E-state index is 13.2. The minimum atomic E-state index is -0.423. The van der Waals surface area contributed by atoms with Gasteiger partial charge in [0.05, 0.1) is 0 Å². The summed E-state index contributed by atoms with van der Waals surface area (Å²) in [7, 11) is 1.86. The van der Waals surface area contributed by atoms with E-state index in [2.05, 4.69) is 10.3 Å². The van der Waals surface area contributed by atoms with Gasteiger partial charge in [0, 0.05) is 32.5 Å². The third-order valence-corrected chi connectivity index (χ3v) is 3.64. The molecule has 0 aliphatic heterocycles. The van der Waals surface area contributed by atoms with Gasteiger partial charge in [0.25, 0.3) is 0 Å². The lowest BCUT2D eigenvalue weighted by Crippen LogP contribution is -2.42. The van der Waals surface area contributed by atoms with Crippen LogP contribution in [0.15, 0.2) is 36.7 Å². The Hall–Kier alpha value is -2.37. The fraction of sp³-hybridized carbons (Fsp3) is 0.375. The van der Waals surface area contributed by atoms with Crippen LogP contribution in [0.25, 0.3) is 0 Å². The van der Waals surface area contributed by atoms with Crippen molar-refractivity contribution in [3.63, 3.8) is 0 Å². The fourth-order valence-corrected chi connectivity index (χ4v) is 2.33. The van der Waals surface area contributed by atoms with Crippen LogP contribution in [0.4, 0.5) is 9.18 Å². The van der Waals surface area contributed by atoms with Gasteiger partial charge in [0.2, 0.25) is 0 Å². The van der Waals surface area contributed by atoms with E-state index in [9.17, 15) is 9.18 Å². The van der Waals surface area contributed by atoms with Crippen LogP contribution in [0.1, 0.15) is 31.3 Å². The number of aromatic nitrogens is 2. The Morgan fingerprint density at radius 3 is 2.45 bits per heavy atom. The van der Waals surface area contributed by atoms with E-state index in [1.165, 1.54) is 12.1 Å². The molecule has 0 saturated carbocycles. The van der Waals surface area contributed by atoms with Gasteiger partial charge in [-0.3, -0.25) is 0 Å². The van der Waals surface area contributed by atoms with Crippen LogP contribution in [-0.4, -0.2) is 33.6 Å². The molecule has 1 N–H and O–H groups in total. The molecule has 0 aliphatic carbocycles. The maximum absolute atomic E-state index is 13.2. The van der Waals surface area contributed by atoms with E-state index in [0.717, 1.165) is 5.56 Å². The van der Waals surface area contributed by atoms with Gasteiger partial charge < -0.3 is 14.8 Å². The van der Waals surface area contributed by atoms with Crippen molar-refractivity contribution >= 4 is 6.03 Å². The maximum Gasteiger partial charge on any atom is 0.318 e. The highest BCUT2D eigenvalue weighted by atomic mass is 19.1. The van der Waals surface area contributed by atoms with Gasteiger partial charge in [-0.2, -0.15) is 0 Å². The van der Waals surface area contributed by atoms with E-state index >= 15 is 0 Å². The second-order valence-corrected chi connectivity index (χ2v) is 5.00. The number of nitrogens with one attached hydrogen (secondary N) is 1. The molecule has 0 radical (unpaired) electrons. The highest BCUT2D eigenvalue weighted by Gasteiger charge is 2.22. The molecule has 118 valence electrons. The molecule has 6 heteroatoms. The number of hydrogen-bond acceptors (Lipinski definition) is 2. The Balaban J connectivity index is 2.32. The summed E-state index contributed by atoms with van der Waals surface area (Å²) in [5, 5.41) is 2.98. The van der Waals surface area contributed by atoms with Crippen LogP contribution in [0, 0.1) is 5.82 Å². The van der Waals surface area contributed by atoms with Crippen molar-refractivity contribution in [2.24, 2.45) is 7.05 Å². The quantitative estimate of drug-likeness (QED) is 0.923. The summed E-state index contributed by atoms with van der Waals surface area (Å²) in [5.41, 5.74) is 0.788. The van der Waals surface area contributed by atoms with E-state index in [1.807, 2.05) is 31.7 Å². The first kappa shape index (κ1) is 16.0. The molecule has 0 fully saturated rings. The molecule has 1 atom stereocenters. The normalized spacial score (nSPS) is 12.0. The largest absolute Gasteiger partial charge is 0.336 e. The van der Waals surface area contributed by atoms with E-state index < -0.39 is 6.04 Å². The average Bonchev–Trinajstić information content (AvgIpc) is 2.93. The summed E-state index contributed by atoms with van der Waals surface area (Å²) < 4.78 is 15.0. The molecule has 0 spiro atoms. The minimum absolute atomic E-state index is 0.165. The number of rotatable bonds is 5. The predicted octanol–water partition coefficient (Wildman–Crippen LogP) is 2.70. The molecule has 2 amide bonds. The van der Waals surface area contributed by atoms with Gasteiger partial charge in [0.15, 0.2) is 0 Å². The minimum Gasteiger partial charge on any atom is -0.336 e. The van der Waals surface area contributed by atoms with Crippen molar-refractivity contribution in [2.75, 3.05) is 13.1 Å². The van der Waals surface area contributed by atoms with Crippen molar-refractivity contribution in [1.82, 2.24) is 19.8 Å². The second kappa shape index (κ2) is 7.06. The van der Waals surface area contributed by atoms with Crippen molar-refractivity contribution in [3.8, 4) is 0 Å². The summed E-state index contributed by atoms with van der Waals surface area (Å²) in [6.45, 7) is 5.10. The summed E-state index contributed by atoms with van der Waals surface area (Å²) in [5.74, 6) is 0.393. The predicted molar refractivity (Wildman–Crippen MR) is 82.9 cm³/mol. The molecule has 22 heavy (non-hydrogen) atoms. The number of carbonyl (C=O) groups excluding carboxylic acids is 1. The Kier molecular flexibility index (Phi) is 5.14. The van der Waals surface area contributed by atoms with E-state index in [4.69, 9.17) is 0 Å². The average molecular weight is 304 g/mol. The third-order valence-electron chi connectivity index (χ3n) is 3.64. The molecule has 1 heterocycles. The third kappa shape index (κ3) is 3.44. The van der Waals surface area contributed by atoms with Crippen LogP contribution in [0.5, 0.6) is 0 Å². The van der Waals surface area contributed by atoms with Gasteiger partial charge in [-0.25, -0.2) is 14.2 Å². The molecule has 1 unspecified atom stereocenters. The van der Waals surface area contributed by atoms with E-state index in [0.29, 0.717) is 18.9 Å². The number of benzene rings is 1. The van der Waals surface area contributed by atoms with Crippen molar-refractivity contribution in [2.45, 2.75) is 19.9 Å². The summed E-state index contributed by atoms with van der Waals surface area (Å²) >= 11 is 0. The molecular formula is C16H21FN4O. The molecule has 1 aromatic carbocycles. The molecular weight excluding hydrogens is 283 g/mol. The fourth-order valence-electron chi connectivity index (χ4n) is 2.33. The topological polar surface area (TPSA) is 50.2 Å². The number of urea groups is 1. The second-order valence-electron chi connectivity index (χ2n) is 5.00. The molecule has 2 rings (SSSR count). The number of imidazole rings is 1. The lowest BCUT2D eigenvalue weighted by Gasteiger charge is -2.24. The number of amides is 2. The van der Waals surface area contributed by atoms with Gasteiger partial charge in [-0.15, -0.1) is 0 Å². The zero-order valence-corrected chi connectivity index (χ0v) is 13.1. The Morgan fingerprint density at radius 2 is 1.95 bits per heavy atom. The van der Waals surface area contributed by atoms with Crippen LogP contribution >= 0.6 is 0 Å². The first-order valence-electron chi connectivity index (χ1n) is 7.34. The molecule has 0 saturated heterocycles. The van der Waals surface area contributed by atoms with Crippen molar-refractivity contribution < 1.29 is 9.18 Å². The molecule has 0 aliphatic rings. The van der Waals surface area contributed by atoms with Crippen LogP contribution in [0.2, 0.25) is 0 Å².